The minimum atomic E-state index is -0.973. The van der Waals surface area contributed by atoms with E-state index < -0.39 is 18.0 Å². The summed E-state index contributed by atoms with van der Waals surface area (Å²) in [6.45, 7) is 5.62. The van der Waals surface area contributed by atoms with Crippen LogP contribution in [0.5, 0.6) is 5.75 Å². The van der Waals surface area contributed by atoms with E-state index >= 15 is 0 Å². The molecule has 0 aliphatic heterocycles. The molecule has 7 nitrogen and oxygen atoms in total. The molecule has 2 rings (SSSR count). The van der Waals surface area contributed by atoms with Gasteiger partial charge in [0.1, 0.15) is 5.75 Å². The highest BCUT2D eigenvalue weighted by atomic mass is 16.6. The maximum Gasteiger partial charge on any atom is 0.377 e. The number of aryl methyl sites for hydroxylation is 1. The third-order valence-corrected chi connectivity index (χ3v) is 2.92. The first kappa shape index (κ1) is 16.5. The maximum absolute atomic E-state index is 12.0. The molecule has 1 aromatic heterocycles. The van der Waals surface area contributed by atoms with Crippen LogP contribution in [0, 0.1) is 6.92 Å². The second kappa shape index (κ2) is 7.44. The number of nitrogens with one attached hydrogen (secondary N) is 1. The molecule has 1 heterocycles. The summed E-state index contributed by atoms with van der Waals surface area (Å²) < 4.78 is 15.1. The summed E-state index contributed by atoms with van der Waals surface area (Å²) in [6.07, 6.45) is -0.973. The van der Waals surface area contributed by atoms with Gasteiger partial charge in [-0.25, -0.2) is 4.79 Å². The fraction of sp³-hybridized carbons (Fsp3) is 0.312. The van der Waals surface area contributed by atoms with Gasteiger partial charge in [-0.1, -0.05) is 5.16 Å². The molecule has 0 radical (unpaired) electrons. The van der Waals surface area contributed by atoms with Gasteiger partial charge in [0.05, 0.1) is 12.3 Å². The Kier molecular flexibility index (Phi) is 5.35. The van der Waals surface area contributed by atoms with Gasteiger partial charge in [-0.2, -0.15) is 0 Å². The van der Waals surface area contributed by atoms with Gasteiger partial charge in [0.15, 0.2) is 6.10 Å². The van der Waals surface area contributed by atoms with E-state index in [1.165, 1.54) is 13.0 Å². The van der Waals surface area contributed by atoms with Crippen LogP contribution in [-0.2, 0) is 9.53 Å². The number of carbonyl (C=O) groups excluding carboxylic acids is 2. The minimum absolute atomic E-state index is 0.0387. The Morgan fingerprint density at radius 3 is 2.57 bits per heavy atom. The van der Waals surface area contributed by atoms with Crippen molar-refractivity contribution in [3.8, 4) is 5.75 Å². The standard InChI is InChI=1S/C16H18N2O5/c1-4-21-13-7-5-12(6-8-13)17-15(19)11(3)22-16(20)14-9-10(2)18-23-14/h5-9,11H,4H2,1-3H3,(H,17,19)/t11-/m0/s1. The predicted molar refractivity (Wildman–Crippen MR) is 82.4 cm³/mol. The van der Waals surface area contributed by atoms with Crippen LogP contribution in [0.25, 0.3) is 0 Å². The first-order chi connectivity index (χ1) is 11.0. The average Bonchev–Trinajstić information content (AvgIpc) is 2.96. The zero-order chi connectivity index (χ0) is 16.8. The second-order valence-electron chi connectivity index (χ2n) is 4.83. The van der Waals surface area contributed by atoms with E-state index in [0.717, 1.165) is 0 Å². The number of rotatable bonds is 6. The highest BCUT2D eigenvalue weighted by Gasteiger charge is 2.21. The van der Waals surface area contributed by atoms with Gasteiger partial charge in [-0.15, -0.1) is 0 Å². The summed E-state index contributed by atoms with van der Waals surface area (Å²) in [6, 6.07) is 8.34. The number of carbonyl (C=O) groups is 2. The van der Waals surface area contributed by atoms with E-state index in [1.54, 1.807) is 31.2 Å². The summed E-state index contributed by atoms with van der Waals surface area (Å²) in [7, 11) is 0. The Labute approximate surface area is 133 Å². The van der Waals surface area contributed by atoms with Crippen molar-refractivity contribution in [3.63, 3.8) is 0 Å². The normalized spacial score (nSPS) is 11.6. The molecule has 0 aliphatic carbocycles. The molecule has 0 unspecified atom stereocenters. The Balaban J connectivity index is 1.90. The van der Waals surface area contributed by atoms with Crippen molar-refractivity contribution in [1.82, 2.24) is 5.16 Å². The maximum atomic E-state index is 12.0. The Hall–Kier alpha value is -2.83. The van der Waals surface area contributed by atoms with Gasteiger partial charge >= 0.3 is 5.97 Å². The van der Waals surface area contributed by atoms with Crippen LogP contribution in [0.4, 0.5) is 5.69 Å². The zero-order valence-electron chi connectivity index (χ0n) is 13.2. The molecule has 1 aromatic carbocycles. The number of nitrogens with zero attached hydrogens (tertiary/aromatic N) is 1. The van der Waals surface area contributed by atoms with Crippen molar-refractivity contribution in [2.24, 2.45) is 0 Å². The highest BCUT2D eigenvalue weighted by Crippen LogP contribution is 2.16. The summed E-state index contributed by atoms with van der Waals surface area (Å²) >= 11 is 0. The van der Waals surface area contributed by atoms with Crippen LogP contribution in [0.2, 0.25) is 0 Å². The predicted octanol–water partition coefficient (Wildman–Crippen LogP) is 2.57. The number of hydrogen-bond donors (Lipinski definition) is 1. The molecule has 23 heavy (non-hydrogen) atoms. The fourth-order valence-electron chi connectivity index (χ4n) is 1.78. The minimum Gasteiger partial charge on any atom is -0.494 e. The van der Waals surface area contributed by atoms with Gasteiger partial charge < -0.3 is 19.3 Å². The quantitative estimate of drug-likeness (QED) is 0.823. The van der Waals surface area contributed by atoms with Crippen molar-refractivity contribution in [3.05, 3.63) is 41.8 Å². The number of amides is 1. The lowest BCUT2D eigenvalue weighted by molar-refractivity contribution is -0.123. The van der Waals surface area contributed by atoms with E-state index in [0.29, 0.717) is 23.7 Å². The number of hydrogen-bond acceptors (Lipinski definition) is 6. The van der Waals surface area contributed by atoms with Crippen molar-refractivity contribution in [2.75, 3.05) is 11.9 Å². The highest BCUT2D eigenvalue weighted by molar-refractivity contribution is 5.96. The van der Waals surface area contributed by atoms with Crippen LogP contribution in [0.15, 0.2) is 34.9 Å². The third kappa shape index (κ3) is 4.57. The van der Waals surface area contributed by atoms with Crippen molar-refractivity contribution < 1.29 is 23.6 Å². The number of benzene rings is 1. The molecular weight excluding hydrogens is 300 g/mol. The molecule has 1 N–H and O–H groups in total. The van der Waals surface area contributed by atoms with Crippen molar-refractivity contribution in [1.29, 1.82) is 0 Å². The summed E-state index contributed by atoms with van der Waals surface area (Å²) in [4.78, 5) is 23.8. The molecule has 0 aliphatic rings. The van der Waals surface area contributed by atoms with E-state index in [2.05, 4.69) is 10.5 Å². The topological polar surface area (TPSA) is 90.7 Å². The average molecular weight is 318 g/mol. The van der Waals surface area contributed by atoms with Crippen LogP contribution in [0.1, 0.15) is 30.1 Å². The Bertz CT molecular complexity index is 678. The molecule has 7 heteroatoms. The first-order valence-electron chi connectivity index (χ1n) is 7.17. The largest absolute Gasteiger partial charge is 0.494 e. The number of anilines is 1. The van der Waals surface area contributed by atoms with E-state index in [-0.39, 0.29) is 5.76 Å². The van der Waals surface area contributed by atoms with Gasteiger partial charge in [0.25, 0.3) is 5.91 Å². The van der Waals surface area contributed by atoms with Crippen LogP contribution < -0.4 is 10.1 Å². The monoisotopic (exact) mass is 318 g/mol. The molecule has 1 amide bonds. The van der Waals surface area contributed by atoms with Crippen LogP contribution >= 0.6 is 0 Å². The molecule has 0 saturated carbocycles. The molecule has 1 atom stereocenters. The fourth-order valence-corrected chi connectivity index (χ4v) is 1.78. The molecule has 0 spiro atoms. The zero-order valence-corrected chi connectivity index (χ0v) is 13.2. The molecule has 0 saturated heterocycles. The molecule has 0 fully saturated rings. The van der Waals surface area contributed by atoms with E-state index in [4.69, 9.17) is 14.0 Å². The molecule has 122 valence electrons. The SMILES string of the molecule is CCOc1ccc(NC(=O)[C@H](C)OC(=O)c2cc(C)no2)cc1. The lowest BCUT2D eigenvalue weighted by Gasteiger charge is -2.12. The van der Waals surface area contributed by atoms with Crippen molar-refractivity contribution in [2.45, 2.75) is 26.9 Å². The Morgan fingerprint density at radius 2 is 2.00 bits per heavy atom. The third-order valence-electron chi connectivity index (χ3n) is 2.92. The molecule has 2 aromatic rings. The molecular formula is C16H18N2O5. The smallest absolute Gasteiger partial charge is 0.377 e. The Morgan fingerprint density at radius 1 is 1.30 bits per heavy atom. The number of ether oxygens (including phenoxy) is 2. The van der Waals surface area contributed by atoms with Gasteiger partial charge in [0, 0.05) is 11.8 Å². The van der Waals surface area contributed by atoms with Crippen LogP contribution in [0.3, 0.4) is 0 Å². The van der Waals surface area contributed by atoms with Crippen molar-refractivity contribution >= 4 is 17.6 Å². The second-order valence-corrected chi connectivity index (χ2v) is 4.83. The van der Waals surface area contributed by atoms with Gasteiger partial charge in [-0.3, -0.25) is 4.79 Å². The summed E-state index contributed by atoms with van der Waals surface area (Å²) in [5.74, 6) is -0.507. The lowest BCUT2D eigenvalue weighted by Crippen LogP contribution is -2.29. The summed E-state index contributed by atoms with van der Waals surface area (Å²) in [5.41, 5.74) is 1.14. The van der Waals surface area contributed by atoms with E-state index in [9.17, 15) is 9.59 Å². The first-order valence-corrected chi connectivity index (χ1v) is 7.17. The summed E-state index contributed by atoms with van der Waals surface area (Å²) in [5, 5.41) is 6.25. The number of aromatic nitrogens is 1. The van der Waals surface area contributed by atoms with Crippen LogP contribution in [-0.4, -0.2) is 29.7 Å². The van der Waals surface area contributed by atoms with Gasteiger partial charge in [-0.05, 0) is 45.0 Å². The molecule has 0 bridgehead atoms. The van der Waals surface area contributed by atoms with E-state index in [1.807, 2.05) is 6.92 Å². The number of esters is 1. The lowest BCUT2D eigenvalue weighted by atomic mass is 10.3. The van der Waals surface area contributed by atoms with Gasteiger partial charge in [0.2, 0.25) is 5.76 Å².